The molecule has 0 aliphatic rings. The zero-order chi connectivity index (χ0) is 8.27. The molecule has 3 N–H and O–H groups in total. The Balaban J connectivity index is 2.51. The largest absolute Gasteiger partial charge is 0.481 e. The zero-order valence-electron chi connectivity index (χ0n) is 5.76. The van der Waals surface area contributed by atoms with Crippen molar-refractivity contribution in [3.05, 3.63) is 16.7 Å². The molecule has 5 heteroatoms. The molecular formula is C6H8N2O2S. The van der Waals surface area contributed by atoms with E-state index in [-0.39, 0.29) is 6.42 Å². The van der Waals surface area contributed by atoms with Crippen molar-refractivity contribution in [3.8, 4) is 0 Å². The highest BCUT2D eigenvalue weighted by Crippen LogP contribution is 1.97. The number of rotatable bonds is 3. The average molecular weight is 172 g/mol. The number of hydrogen-bond acceptors (Lipinski definition) is 2. The number of aromatic nitrogens is 2. The molecule has 0 aliphatic carbocycles. The first kappa shape index (κ1) is 8.00. The predicted octanol–water partition coefficient (Wildman–Crippen LogP) is 1.09. The molecule has 0 atom stereocenters. The molecule has 0 amide bonds. The summed E-state index contributed by atoms with van der Waals surface area (Å²) in [7, 11) is 0. The maximum absolute atomic E-state index is 10.1. The second-order valence-corrected chi connectivity index (χ2v) is 2.57. The van der Waals surface area contributed by atoms with Gasteiger partial charge < -0.3 is 15.1 Å². The number of aryl methyl sites for hydroxylation is 1. The Morgan fingerprint density at radius 2 is 2.45 bits per heavy atom. The fraction of sp³-hybridized carbons (Fsp3) is 0.333. The number of H-pyrrole nitrogens is 2. The van der Waals surface area contributed by atoms with Crippen molar-refractivity contribution in [2.24, 2.45) is 0 Å². The lowest BCUT2D eigenvalue weighted by Crippen LogP contribution is -1.97. The van der Waals surface area contributed by atoms with Crippen LogP contribution in [0.1, 0.15) is 12.1 Å². The van der Waals surface area contributed by atoms with Crippen molar-refractivity contribution < 1.29 is 9.90 Å². The fourth-order valence-electron chi connectivity index (χ4n) is 0.747. The van der Waals surface area contributed by atoms with Crippen LogP contribution in [-0.4, -0.2) is 21.0 Å². The highest BCUT2D eigenvalue weighted by atomic mass is 32.1. The number of nitrogens with one attached hydrogen (secondary N) is 2. The maximum Gasteiger partial charge on any atom is 0.303 e. The predicted molar refractivity (Wildman–Crippen MR) is 41.9 cm³/mol. The van der Waals surface area contributed by atoms with Crippen LogP contribution in [0.15, 0.2) is 6.20 Å². The van der Waals surface area contributed by atoms with Crippen LogP contribution in [0.2, 0.25) is 0 Å². The van der Waals surface area contributed by atoms with Gasteiger partial charge in [-0.25, -0.2) is 0 Å². The zero-order valence-corrected chi connectivity index (χ0v) is 6.57. The van der Waals surface area contributed by atoms with Gasteiger partial charge in [0.05, 0.1) is 6.42 Å². The number of hydrogen-bond donors (Lipinski definition) is 3. The van der Waals surface area contributed by atoms with Gasteiger partial charge in [0.1, 0.15) is 0 Å². The Labute approximate surface area is 68.3 Å². The van der Waals surface area contributed by atoms with Gasteiger partial charge >= 0.3 is 5.97 Å². The number of aliphatic carboxylic acids is 1. The minimum atomic E-state index is -0.800. The first-order chi connectivity index (χ1) is 5.18. The van der Waals surface area contributed by atoms with E-state index in [1.54, 1.807) is 6.20 Å². The molecule has 1 aromatic heterocycles. The van der Waals surface area contributed by atoms with Gasteiger partial charge in [0.25, 0.3) is 0 Å². The van der Waals surface area contributed by atoms with E-state index in [2.05, 4.69) is 9.97 Å². The number of carbonyl (C=O) groups is 1. The Bertz CT molecular complexity index is 302. The van der Waals surface area contributed by atoms with Gasteiger partial charge in [-0.15, -0.1) is 0 Å². The molecule has 0 fully saturated rings. The lowest BCUT2D eigenvalue weighted by Gasteiger charge is -1.89. The molecular weight excluding hydrogens is 164 g/mol. The van der Waals surface area contributed by atoms with E-state index in [0.29, 0.717) is 11.2 Å². The first-order valence-electron chi connectivity index (χ1n) is 3.17. The minimum Gasteiger partial charge on any atom is -0.481 e. The lowest BCUT2D eigenvalue weighted by atomic mass is 10.2. The van der Waals surface area contributed by atoms with Gasteiger partial charge in [0, 0.05) is 11.9 Å². The van der Waals surface area contributed by atoms with E-state index in [1.807, 2.05) is 0 Å². The molecule has 0 saturated carbocycles. The van der Waals surface area contributed by atoms with Crippen LogP contribution in [0.25, 0.3) is 0 Å². The van der Waals surface area contributed by atoms with E-state index >= 15 is 0 Å². The summed E-state index contributed by atoms with van der Waals surface area (Å²) < 4.78 is 0.533. The topological polar surface area (TPSA) is 68.9 Å². The number of carboxylic acids is 1. The SMILES string of the molecule is O=C(O)CCc1c[nH]c(=S)[nH]1. The van der Waals surface area contributed by atoms with Crippen LogP contribution in [0, 0.1) is 4.77 Å². The number of carboxylic acid groups (broad SMARTS) is 1. The van der Waals surface area contributed by atoms with Crippen LogP contribution in [0.4, 0.5) is 0 Å². The van der Waals surface area contributed by atoms with Gasteiger partial charge in [-0.3, -0.25) is 4.79 Å². The molecule has 0 radical (unpaired) electrons. The monoisotopic (exact) mass is 172 g/mol. The summed E-state index contributed by atoms with van der Waals surface area (Å²) in [6.45, 7) is 0. The van der Waals surface area contributed by atoms with E-state index in [0.717, 1.165) is 5.69 Å². The Morgan fingerprint density at radius 1 is 1.73 bits per heavy atom. The van der Waals surface area contributed by atoms with Crippen molar-refractivity contribution in [2.45, 2.75) is 12.8 Å². The Morgan fingerprint density at radius 3 is 2.91 bits per heavy atom. The number of aromatic amines is 2. The van der Waals surface area contributed by atoms with E-state index in [4.69, 9.17) is 17.3 Å². The van der Waals surface area contributed by atoms with Crippen LogP contribution in [0.3, 0.4) is 0 Å². The summed E-state index contributed by atoms with van der Waals surface area (Å²) in [5, 5.41) is 8.33. The molecule has 0 aromatic carbocycles. The normalized spacial score (nSPS) is 9.82. The van der Waals surface area contributed by atoms with Crippen LogP contribution in [0.5, 0.6) is 0 Å². The highest BCUT2D eigenvalue weighted by Gasteiger charge is 1.98. The summed E-state index contributed by atoms with van der Waals surface area (Å²) in [6.07, 6.45) is 2.30. The molecule has 0 unspecified atom stereocenters. The van der Waals surface area contributed by atoms with Crippen molar-refractivity contribution in [1.29, 1.82) is 0 Å². The summed E-state index contributed by atoms with van der Waals surface area (Å²) in [5.74, 6) is -0.800. The van der Waals surface area contributed by atoms with Crippen molar-refractivity contribution in [1.82, 2.24) is 9.97 Å². The number of imidazole rings is 1. The van der Waals surface area contributed by atoms with Crippen LogP contribution in [-0.2, 0) is 11.2 Å². The van der Waals surface area contributed by atoms with Gasteiger partial charge in [-0.1, -0.05) is 0 Å². The molecule has 4 nitrogen and oxygen atoms in total. The summed E-state index contributed by atoms with van der Waals surface area (Å²) in [6, 6.07) is 0. The second-order valence-electron chi connectivity index (χ2n) is 2.16. The molecule has 0 bridgehead atoms. The average Bonchev–Trinajstić information content (AvgIpc) is 2.31. The fourth-order valence-corrected chi connectivity index (χ4v) is 0.937. The van der Waals surface area contributed by atoms with Crippen LogP contribution < -0.4 is 0 Å². The van der Waals surface area contributed by atoms with Crippen molar-refractivity contribution in [2.75, 3.05) is 0 Å². The molecule has 11 heavy (non-hydrogen) atoms. The molecule has 0 saturated heterocycles. The van der Waals surface area contributed by atoms with Crippen LogP contribution >= 0.6 is 12.2 Å². The third-order valence-corrected chi connectivity index (χ3v) is 1.48. The summed E-state index contributed by atoms with van der Waals surface area (Å²) in [5.41, 5.74) is 0.831. The van der Waals surface area contributed by atoms with E-state index in [1.165, 1.54) is 0 Å². The smallest absolute Gasteiger partial charge is 0.303 e. The molecule has 1 heterocycles. The third kappa shape index (κ3) is 2.55. The second kappa shape index (κ2) is 3.34. The standard InChI is InChI=1S/C6H8N2O2S/c9-5(10)2-1-4-3-7-6(11)8-4/h3H,1-2H2,(H,9,10)(H2,7,8,11). The highest BCUT2D eigenvalue weighted by molar-refractivity contribution is 7.71. The third-order valence-electron chi connectivity index (χ3n) is 1.26. The molecule has 60 valence electrons. The van der Waals surface area contributed by atoms with E-state index in [9.17, 15) is 4.79 Å². The van der Waals surface area contributed by atoms with Gasteiger partial charge in [0.15, 0.2) is 4.77 Å². The quantitative estimate of drug-likeness (QED) is 0.598. The molecule has 0 aliphatic heterocycles. The molecule has 1 rings (SSSR count). The van der Waals surface area contributed by atoms with Crippen molar-refractivity contribution in [3.63, 3.8) is 0 Å². The Kier molecular flexibility index (Phi) is 2.43. The maximum atomic E-state index is 10.1. The minimum absolute atomic E-state index is 0.128. The first-order valence-corrected chi connectivity index (χ1v) is 3.57. The summed E-state index contributed by atoms with van der Waals surface area (Å²) in [4.78, 5) is 15.7. The Hall–Kier alpha value is -1.10. The lowest BCUT2D eigenvalue weighted by molar-refractivity contribution is -0.136. The van der Waals surface area contributed by atoms with Gasteiger partial charge in [-0.05, 0) is 18.6 Å². The molecule has 0 spiro atoms. The van der Waals surface area contributed by atoms with Crippen molar-refractivity contribution >= 4 is 18.2 Å². The van der Waals surface area contributed by atoms with Gasteiger partial charge in [0.2, 0.25) is 0 Å². The van der Waals surface area contributed by atoms with Gasteiger partial charge in [-0.2, -0.15) is 0 Å². The molecule has 1 aromatic rings. The van der Waals surface area contributed by atoms with E-state index < -0.39 is 5.97 Å². The summed E-state index contributed by atoms with van der Waals surface area (Å²) >= 11 is 4.75.